The molecule has 2 heterocycles. The van der Waals surface area contributed by atoms with E-state index in [0.29, 0.717) is 0 Å². The Bertz CT molecular complexity index is 1450. The number of rotatable bonds is 11. The number of para-hydroxylation sites is 4. The lowest BCUT2D eigenvalue weighted by atomic mass is 9.96. The molecule has 0 bridgehead atoms. The summed E-state index contributed by atoms with van der Waals surface area (Å²) < 4.78 is 0. The van der Waals surface area contributed by atoms with Crippen molar-refractivity contribution >= 4 is 43.6 Å². The van der Waals surface area contributed by atoms with Gasteiger partial charge < -0.3 is 0 Å². The normalized spacial score (nSPS) is 11.7. The predicted octanol–water partition coefficient (Wildman–Crippen LogP) is 10.00. The summed E-state index contributed by atoms with van der Waals surface area (Å²) >= 11 is 0. The minimum absolute atomic E-state index is 1.12. The zero-order valence-corrected chi connectivity index (χ0v) is 22.2. The molecular weight excluding hydrogens is 460 g/mol. The van der Waals surface area contributed by atoms with E-state index in [1.54, 1.807) is 0 Å². The Morgan fingerprint density at radius 3 is 0.895 bits per heavy atom. The zero-order valence-electron chi connectivity index (χ0n) is 22.2. The van der Waals surface area contributed by atoms with Crippen LogP contribution in [0.3, 0.4) is 0 Å². The fraction of sp³-hybridized carbons (Fsp3) is 0.278. The van der Waals surface area contributed by atoms with Gasteiger partial charge in [0.15, 0.2) is 0 Å². The van der Waals surface area contributed by atoms with Crippen LogP contribution in [0.4, 0.5) is 0 Å². The Hall–Kier alpha value is -3.78. The summed E-state index contributed by atoms with van der Waals surface area (Å²) in [6, 6.07) is 34.5. The van der Waals surface area contributed by atoms with Crippen molar-refractivity contribution in [2.24, 2.45) is 0 Å². The predicted molar refractivity (Wildman–Crippen MR) is 163 cm³/mol. The summed E-state index contributed by atoms with van der Waals surface area (Å²) in [5, 5.41) is 5.28. The van der Waals surface area contributed by atoms with Crippen molar-refractivity contribution in [2.45, 2.75) is 64.2 Å². The highest BCUT2D eigenvalue weighted by Crippen LogP contribution is 2.29. The van der Waals surface area contributed by atoms with Gasteiger partial charge in [0, 0.05) is 21.5 Å². The molecule has 0 aliphatic rings. The lowest BCUT2D eigenvalue weighted by molar-refractivity contribution is 0.569. The molecule has 4 aromatic carbocycles. The SMILES string of the molecule is c1ccc2c(CCCCCCCCCCc3c4ccccc4nc4ccccc34)c3ccccc3nc2c1. The maximum Gasteiger partial charge on any atom is 0.0712 e. The number of nitrogens with zero attached hydrogens (tertiary/aromatic N) is 2. The number of hydrogen-bond donors (Lipinski definition) is 0. The van der Waals surface area contributed by atoms with Crippen LogP contribution in [0.5, 0.6) is 0 Å². The van der Waals surface area contributed by atoms with Crippen molar-refractivity contribution < 1.29 is 0 Å². The Morgan fingerprint density at radius 1 is 0.316 bits per heavy atom. The number of unbranched alkanes of at least 4 members (excludes halogenated alkanes) is 7. The van der Waals surface area contributed by atoms with Gasteiger partial charge in [-0.1, -0.05) is 111 Å². The second-order valence-corrected chi connectivity index (χ2v) is 10.6. The molecule has 0 saturated carbocycles. The highest BCUT2D eigenvalue weighted by molar-refractivity contribution is 5.98. The van der Waals surface area contributed by atoms with E-state index in [1.807, 2.05) is 0 Å². The number of fused-ring (bicyclic) bond motifs is 4. The van der Waals surface area contributed by atoms with Crippen LogP contribution in [-0.4, -0.2) is 9.97 Å². The van der Waals surface area contributed by atoms with Gasteiger partial charge in [-0.3, -0.25) is 0 Å². The van der Waals surface area contributed by atoms with Crippen LogP contribution in [0.25, 0.3) is 43.6 Å². The Morgan fingerprint density at radius 2 is 0.579 bits per heavy atom. The molecule has 2 nitrogen and oxygen atoms in total. The second-order valence-electron chi connectivity index (χ2n) is 10.6. The molecule has 0 amide bonds. The van der Waals surface area contributed by atoms with Gasteiger partial charge in [-0.15, -0.1) is 0 Å². The lowest BCUT2D eigenvalue weighted by Crippen LogP contribution is -1.94. The second kappa shape index (κ2) is 11.7. The number of benzene rings is 4. The van der Waals surface area contributed by atoms with E-state index in [9.17, 15) is 0 Å². The molecule has 0 fully saturated rings. The summed E-state index contributed by atoms with van der Waals surface area (Å²) in [7, 11) is 0. The highest BCUT2D eigenvalue weighted by Gasteiger charge is 2.09. The van der Waals surface area contributed by atoms with Gasteiger partial charge in [-0.05, 0) is 61.1 Å². The van der Waals surface area contributed by atoms with E-state index >= 15 is 0 Å². The van der Waals surface area contributed by atoms with Crippen LogP contribution >= 0.6 is 0 Å². The molecule has 0 unspecified atom stereocenters. The topological polar surface area (TPSA) is 25.8 Å². The largest absolute Gasteiger partial charge is 0.248 e. The molecule has 6 aromatic rings. The Kier molecular flexibility index (Phi) is 7.58. The molecule has 0 spiro atoms. The molecule has 190 valence electrons. The smallest absolute Gasteiger partial charge is 0.0712 e. The summed E-state index contributed by atoms with van der Waals surface area (Å²) in [6.45, 7) is 0. The fourth-order valence-electron chi connectivity index (χ4n) is 6.06. The van der Waals surface area contributed by atoms with Crippen LogP contribution in [0.2, 0.25) is 0 Å². The first kappa shape index (κ1) is 24.6. The molecule has 0 aliphatic heterocycles. The number of hydrogen-bond acceptors (Lipinski definition) is 2. The van der Waals surface area contributed by atoms with E-state index in [4.69, 9.17) is 9.97 Å². The van der Waals surface area contributed by atoms with Gasteiger partial charge in [0.1, 0.15) is 0 Å². The molecule has 0 atom stereocenters. The van der Waals surface area contributed by atoms with Crippen molar-refractivity contribution in [2.75, 3.05) is 0 Å². The summed E-state index contributed by atoms with van der Waals surface area (Å²) in [5.74, 6) is 0. The van der Waals surface area contributed by atoms with Crippen molar-refractivity contribution in [1.29, 1.82) is 0 Å². The van der Waals surface area contributed by atoms with Crippen LogP contribution in [-0.2, 0) is 12.8 Å². The quantitative estimate of drug-likeness (QED) is 0.132. The van der Waals surface area contributed by atoms with Gasteiger partial charge >= 0.3 is 0 Å². The Balaban J connectivity index is 0.964. The molecule has 2 heteroatoms. The zero-order chi connectivity index (χ0) is 25.6. The molecule has 0 radical (unpaired) electrons. The number of aryl methyl sites for hydroxylation is 2. The van der Waals surface area contributed by atoms with Gasteiger partial charge in [0.25, 0.3) is 0 Å². The minimum atomic E-state index is 1.12. The first-order valence-electron chi connectivity index (χ1n) is 14.4. The van der Waals surface area contributed by atoms with Gasteiger partial charge in [-0.2, -0.15) is 0 Å². The average molecular weight is 497 g/mol. The minimum Gasteiger partial charge on any atom is -0.248 e. The molecule has 0 aliphatic carbocycles. The van der Waals surface area contributed by atoms with E-state index in [-0.39, 0.29) is 0 Å². The third-order valence-electron chi connectivity index (χ3n) is 8.00. The number of aromatic nitrogens is 2. The fourth-order valence-corrected chi connectivity index (χ4v) is 6.06. The standard InChI is InChI=1S/C36H36N2/c1(3-5-7-17-27-29-19-9-13-23-33(29)37-34-24-14-10-20-30(27)34)2-4-6-8-18-28-31-21-11-15-25-35(31)38-36-26-16-12-22-32(28)36/h9-16,19-26H,1-8,17-18H2. The highest BCUT2D eigenvalue weighted by atomic mass is 14.7. The van der Waals surface area contributed by atoms with E-state index in [0.717, 1.165) is 34.9 Å². The average Bonchev–Trinajstić information content (AvgIpc) is 2.97. The molecule has 0 saturated heterocycles. The van der Waals surface area contributed by atoms with Crippen molar-refractivity contribution in [3.05, 3.63) is 108 Å². The summed E-state index contributed by atoms with van der Waals surface area (Å²) in [4.78, 5) is 9.75. The maximum atomic E-state index is 4.88. The van der Waals surface area contributed by atoms with Crippen molar-refractivity contribution in [3.8, 4) is 0 Å². The molecular formula is C36H36N2. The summed E-state index contributed by atoms with van der Waals surface area (Å²) in [6.07, 6.45) is 12.7. The molecule has 0 N–H and O–H groups in total. The first-order valence-corrected chi connectivity index (χ1v) is 14.4. The van der Waals surface area contributed by atoms with Crippen molar-refractivity contribution in [1.82, 2.24) is 9.97 Å². The van der Waals surface area contributed by atoms with Gasteiger partial charge in [0.2, 0.25) is 0 Å². The Labute approximate surface area is 225 Å². The van der Waals surface area contributed by atoms with Gasteiger partial charge in [0.05, 0.1) is 22.1 Å². The van der Waals surface area contributed by atoms with E-state index in [1.165, 1.54) is 84.0 Å². The maximum absolute atomic E-state index is 4.88. The lowest BCUT2D eigenvalue weighted by Gasteiger charge is -2.11. The molecule has 38 heavy (non-hydrogen) atoms. The van der Waals surface area contributed by atoms with Crippen LogP contribution in [0.1, 0.15) is 62.5 Å². The van der Waals surface area contributed by atoms with Gasteiger partial charge in [-0.25, -0.2) is 9.97 Å². The van der Waals surface area contributed by atoms with E-state index < -0.39 is 0 Å². The summed E-state index contributed by atoms with van der Waals surface area (Å²) in [5.41, 5.74) is 7.43. The van der Waals surface area contributed by atoms with E-state index in [2.05, 4.69) is 97.1 Å². The van der Waals surface area contributed by atoms with Crippen LogP contribution in [0.15, 0.2) is 97.1 Å². The van der Waals surface area contributed by atoms with Crippen molar-refractivity contribution in [3.63, 3.8) is 0 Å². The van der Waals surface area contributed by atoms with Crippen LogP contribution in [0, 0.1) is 0 Å². The monoisotopic (exact) mass is 496 g/mol. The third kappa shape index (κ3) is 5.27. The molecule has 2 aromatic heterocycles. The number of pyridine rings is 2. The molecule has 6 rings (SSSR count). The van der Waals surface area contributed by atoms with Crippen LogP contribution < -0.4 is 0 Å². The third-order valence-corrected chi connectivity index (χ3v) is 8.00. The first-order chi connectivity index (χ1) is 18.9.